The number of aliphatic imine (C=N–C) groups is 1. The lowest BCUT2D eigenvalue weighted by atomic mass is 9.96. The Balaban J connectivity index is 1.31. The third-order valence-corrected chi connectivity index (χ3v) is 6.34. The maximum atomic E-state index is 11.9. The van der Waals surface area contributed by atoms with Crippen molar-refractivity contribution in [3.8, 4) is 0 Å². The van der Waals surface area contributed by atoms with E-state index in [0.717, 1.165) is 43.3 Å². The lowest BCUT2D eigenvalue weighted by molar-refractivity contribution is -0.128. The third kappa shape index (κ3) is 4.96. The molecule has 0 bridgehead atoms. The minimum Gasteiger partial charge on any atom is -0.356 e. The SMILES string of the molecule is CN=C(NCc1cccc(CN2CCCC2=O)c1)NCC1(c2cccc(Cl)c2)CC1. The summed E-state index contributed by atoms with van der Waals surface area (Å²) < 4.78 is 0. The van der Waals surface area contributed by atoms with Crippen LogP contribution >= 0.6 is 11.6 Å². The molecule has 1 aliphatic heterocycles. The highest BCUT2D eigenvalue weighted by molar-refractivity contribution is 6.30. The van der Waals surface area contributed by atoms with Crippen molar-refractivity contribution < 1.29 is 4.79 Å². The number of carbonyl (C=O) groups is 1. The molecule has 1 aliphatic carbocycles. The summed E-state index contributed by atoms with van der Waals surface area (Å²) in [5.74, 6) is 1.06. The molecule has 1 heterocycles. The van der Waals surface area contributed by atoms with Crippen LogP contribution in [0.4, 0.5) is 0 Å². The summed E-state index contributed by atoms with van der Waals surface area (Å²) in [6.45, 7) is 3.09. The van der Waals surface area contributed by atoms with Gasteiger partial charge < -0.3 is 15.5 Å². The predicted molar refractivity (Wildman–Crippen MR) is 122 cm³/mol. The quantitative estimate of drug-likeness (QED) is 0.524. The Bertz CT molecular complexity index is 938. The number of guanidine groups is 1. The zero-order valence-electron chi connectivity index (χ0n) is 17.5. The number of rotatable bonds is 7. The molecule has 4 rings (SSSR count). The standard InChI is InChI=1S/C24H29ClN4O/c1-26-23(28-17-24(10-11-24)20-7-3-8-21(25)14-20)27-15-18-5-2-6-19(13-18)16-29-12-4-9-22(29)30/h2-3,5-8,13-14H,4,9-12,15-17H2,1H3,(H2,26,27,28). The number of halogens is 1. The molecule has 2 aromatic rings. The summed E-state index contributed by atoms with van der Waals surface area (Å²) >= 11 is 6.18. The summed E-state index contributed by atoms with van der Waals surface area (Å²) in [5, 5.41) is 7.68. The fourth-order valence-corrected chi connectivity index (χ4v) is 4.32. The van der Waals surface area contributed by atoms with Crippen LogP contribution in [0.1, 0.15) is 42.4 Å². The van der Waals surface area contributed by atoms with E-state index in [9.17, 15) is 4.79 Å². The summed E-state index contributed by atoms with van der Waals surface area (Å²) in [4.78, 5) is 18.2. The lowest BCUT2D eigenvalue weighted by Crippen LogP contribution is -2.40. The average molecular weight is 425 g/mol. The molecule has 0 spiro atoms. The first kappa shape index (κ1) is 20.7. The Morgan fingerprint density at radius 1 is 1.13 bits per heavy atom. The Labute approximate surface area is 183 Å². The summed E-state index contributed by atoms with van der Waals surface area (Å²) in [7, 11) is 1.80. The molecule has 0 radical (unpaired) electrons. The van der Waals surface area contributed by atoms with Crippen LogP contribution in [0, 0.1) is 0 Å². The highest BCUT2D eigenvalue weighted by atomic mass is 35.5. The van der Waals surface area contributed by atoms with Gasteiger partial charge in [0.2, 0.25) is 5.91 Å². The number of benzene rings is 2. The second-order valence-electron chi connectivity index (χ2n) is 8.31. The van der Waals surface area contributed by atoms with Gasteiger partial charge in [0, 0.05) is 50.1 Å². The number of likely N-dealkylation sites (tertiary alicyclic amines) is 1. The number of nitrogens with one attached hydrogen (secondary N) is 2. The first-order chi connectivity index (χ1) is 14.6. The molecular formula is C24H29ClN4O. The van der Waals surface area contributed by atoms with Gasteiger partial charge in [-0.05, 0) is 48.1 Å². The van der Waals surface area contributed by atoms with Crippen molar-refractivity contribution in [2.24, 2.45) is 4.99 Å². The Morgan fingerprint density at radius 2 is 1.93 bits per heavy atom. The molecule has 2 aromatic carbocycles. The van der Waals surface area contributed by atoms with E-state index in [1.807, 2.05) is 17.0 Å². The van der Waals surface area contributed by atoms with Gasteiger partial charge in [-0.25, -0.2) is 0 Å². The summed E-state index contributed by atoms with van der Waals surface area (Å²) in [6.07, 6.45) is 3.97. The van der Waals surface area contributed by atoms with Gasteiger partial charge in [0.1, 0.15) is 0 Å². The largest absolute Gasteiger partial charge is 0.356 e. The normalized spacial score (nSPS) is 17.9. The van der Waals surface area contributed by atoms with Gasteiger partial charge in [-0.15, -0.1) is 0 Å². The van der Waals surface area contributed by atoms with Crippen molar-refractivity contribution in [2.75, 3.05) is 20.1 Å². The summed E-state index contributed by atoms with van der Waals surface area (Å²) in [5.41, 5.74) is 3.80. The third-order valence-electron chi connectivity index (χ3n) is 6.10. The molecule has 0 aromatic heterocycles. The van der Waals surface area contributed by atoms with Crippen molar-refractivity contribution >= 4 is 23.5 Å². The van der Waals surface area contributed by atoms with Crippen LogP contribution in [0.2, 0.25) is 5.02 Å². The van der Waals surface area contributed by atoms with Crippen LogP contribution < -0.4 is 10.6 Å². The van der Waals surface area contributed by atoms with Gasteiger partial charge in [-0.2, -0.15) is 0 Å². The van der Waals surface area contributed by atoms with E-state index in [0.29, 0.717) is 19.5 Å². The van der Waals surface area contributed by atoms with Crippen LogP contribution in [0.3, 0.4) is 0 Å². The molecule has 1 saturated heterocycles. The van der Waals surface area contributed by atoms with Crippen molar-refractivity contribution in [3.63, 3.8) is 0 Å². The van der Waals surface area contributed by atoms with Gasteiger partial charge >= 0.3 is 0 Å². The van der Waals surface area contributed by atoms with Gasteiger partial charge in [-0.1, -0.05) is 48.0 Å². The zero-order valence-corrected chi connectivity index (χ0v) is 18.2. The van der Waals surface area contributed by atoms with Crippen LogP contribution in [0.5, 0.6) is 0 Å². The van der Waals surface area contributed by atoms with E-state index in [4.69, 9.17) is 11.6 Å². The Morgan fingerprint density at radius 3 is 2.63 bits per heavy atom. The minimum atomic E-state index is 0.157. The molecule has 0 atom stereocenters. The Kier molecular flexibility index (Phi) is 6.28. The topological polar surface area (TPSA) is 56.7 Å². The minimum absolute atomic E-state index is 0.157. The lowest BCUT2D eigenvalue weighted by Gasteiger charge is -2.20. The molecule has 2 N–H and O–H groups in total. The summed E-state index contributed by atoms with van der Waals surface area (Å²) in [6, 6.07) is 16.6. The second kappa shape index (κ2) is 9.09. The van der Waals surface area contributed by atoms with Crippen LogP contribution in [-0.2, 0) is 23.3 Å². The van der Waals surface area contributed by atoms with Crippen molar-refractivity contribution in [3.05, 3.63) is 70.2 Å². The van der Waals surface area contributed by atoms with Gasteiger partial charge in [0.05, 0.1) is 0 Å². The van der Waals surface area contributed by atoms with Crippen LogP contribution in [0.25, 0.3) is 0 Å². The van der Waals surface area contributed by atoms with E-state index in [1.165, 1.54) is 16.7 Å². The van der Waals surface area contributed by atoms with Gasteiger partial charge in [0.25, 0.3) is 0 Å². The molecule has 6 heteroatoms. The molecule has 30 heavy (non-hydrogen) atoms. The van der Waals surface area contributed by atoms with Gasteiger partial charge in [-0.3, -0.25) is 9.79 Å². The zero-order chi connectivity index (χ0) is 21.0. The van der Waals surface area contributed by atoms with Crippen LogP contribution in [0.15, 0.2) is 53.5 Å². The van der Waals surface area contributed by atoms with Gasteiger partial charge in [0.15, 0.2) is 5.96 Å². The van der Waals surface area contributed by atoms with Crippen molar-refractivity contribution in [2.45, 2.75) is 44.2 Å². The fourth-order valence-electron chi connectivity index (χ4n) is 4.13. The highest BCUT2D eigenvalue weighted by Gasteiger charge is 2.44. The van der Waals surface area contributed by atoms with E-state index in [-0.39, 0.29) is 11.3 Å². The molecule has 5 nitrogen and oxygen atoms in total. The molecule has 0 unspecified atom stereocenters. The number of hydrogen-bond donors (Lipinski definition) is 2. The number of nitrogens with zero attached hydrogens (tertiary/aromatic N) is 2. The number of amides is 1. The molecule has 2 fully saturated rings. The van der Waals surface area contributed by atoms with Crippen LogP contribution in [-0.4, -0.2) is 36.9 Å². The van der Waals surface area contributed by atoms with E-state index < -0.39 is 0 Å². The molecule has 1 amide bonds. The first-order valence-electron chi connectivity index (χ1n) is 10.6. The second-order valence-corrected chi connectivity index (χ2v) is 8.75. The van der Waals surface area contributed by atoms with Crippen molar-refractivity contribution in [1.29, 1.82) is 0 Å². The highest BCUT2D eigenvalue weighted by Crippen LogP contribution is 2.48. The molecule has 1 saturated carbocycles. The molecule has 158 valence electrons. The molecule has 2 aliphatic rings. The number of carbonyl (C=O) groups excluding carboxylic acids is 1. The van der Waals surface area contributed by atoms with E-state index in [1.54, 1.807) is 7.05 Å². The van der Waals surface area contributed by atoms with Crippen molar-refractivity contribution in [1.82, 2.24) is 15.5 Å². The maximum absolute atomic E-state index is 11.9. The molecular weight excluding hydrogens is 396 g/mol. The smallest absolute Gasteiger partial charge is 0.222 e. The predicted octanol–water partition coefficient (Wildman–Crippen LogP) is 3.86. The average Bonchev–Trinajstić information content (AvgIpc) is 3.45. The van der Waals surface area contributed by atoms with E-state index in [2.05, 4.69) is 52.0 Å². The maximum Gasteiger partial charge on any atom is 0.222 e. The Hall–Kier alpha value is -2.53. The fraction of sp³-hybridized carbons (Fsp3) is 0.417. The van der Waals surface area contributed by atoms with E-state index >= 15 is 0 Å². The monoisotopic (exact) mass is 424 g/mol. The number of hydrogen-bond acceptors (Lipinski definition) is 2. The first-order valence-corrected chi connectivity index (χ1v) is 11.0.